The lowest BCUT2D eigenvalue weighted by Gasteiger charge is -2.12. The Morgan fingerprint density at radius 3 is 2.71 bits per heavy atom. The van der Waals surface area contributed by atoms with Crippen LogP contribution in [-0.2, 0) is 6.54 Å². The van der Waals surface area contributed by atoms with E-state index in [1.807, 2.05) is 18.5 Å². The summed E-state index contributed by atoms with van der Waals surface area (Å²) in [6.45, 7) is 6.55. The number of hydrogen-bond acceptors (Lipinski definition) is 2. The highest BCUT2D eigenvalue weighted by Gasteiger charge is 2.01. The molecule has 1 heterocycles. The first-order valence-corrected chi connectivity index (χ1v) is 5.46. The van der Waals surface area contributed by atoms with Gasteiger partial charge in [-0.1, -0.05) is 32.8 Å². The van der Waals surface area contributed by atoms with E-state index >= 15 is 0 Å². The van der Waals surface area contributed by atoms with Crippen LogP contribution in [0.25, 0.3) is 0 Å². The van der Waals surface area contributed by atoms with Gasteiger partial charge >= 0.3 is 0 Å². The van der Waals surface area contributed by atoms with Crippen molar-refractivity contribution in [2.24, 2.45) is 5.92 Å². The fraction of sp³-hybridized carbons (Fsp3) is 0.583. The van der Waals surface area contributed by atoms with E-state index in [9.17, 15) is 0 Å². The number of rotatable bonds is 6. The maximum Gasteiger partial charge on any atom is 0.0312 e. The first kappa shape index (κ1) is 11.2. The normalized spacial score (nSPS) is 10.8. The summed E-state index contributed by atoms with van der Waals surface area (Å²) < 4.78 is 0. The third-order valence-electron chi connectivity index (χ3n) is 2.64. The third-order valence-corrected chi connectivity index (χ3v) is 2.64. The smallest absolute Gasteiger partial charge is 0.0312 e. The van der Waals surface area contributed by atoms with E-state index in [4.69, 9.17) is 0 Å². The first-order valence-electron chi connectivity index (χ1n) is 5.46. The molecule has 0 spiro atoms. The van der Waals surface area contributed by atoms with Crippen LogP contribution in [0.15, 0.2) is 24.5 Å². The minimum atomic E-state index is 0.812. The van der Waals surface area contributed by atoms with Gasteiger partial charge < -0.3 is 5.32 Å². The molecule has 2 heteroatoms. The summed E-state index contributed by atoms with van der Waals surface area (Å²) in [6, 6.07) is 4.08. The maximum atomic E-state index is 4.08. The van der Waals surface area contributed by atoms with E-state index in [-0.39, 0.29) is 0 Å². The summed E-state index contributed by atoms with van der Waals surface area (Å²) in [7, 11) is 0. The molecule has 0 aromatic carbocycles. The molecule has 1 N–H and O–H groups in total. The number of hydrogen-bond donors (Lipinski definition) is 1. The van der Waals surface area contributed by atoms with Crippen molar-refractivity contribution < 1.29 is 0 Å². The summed E-state index contributed by atoms with van der Waals surface area (Å²) in [5, 5.41) is 3.46. The van der Waals surface area contributed by atoms with Gasteiger partial charge in [0.2, 0.25) is 0 Å². The average Bonchev–Trinajstić information content (AvgIpc) is 2.26. The topological polar surface area (TPSA) is 24.9 Å². The van der Waals surface area contributed by atoms with Crippen molar-refractivity contribution in [2.75, 3.05) is 6.54 Å². The highest BCUT2D eigenvalue weighted by Crippen LogP contribution is 2.05. The minimum Gasteiger partial charge on any atom is -0.312 e. The first-order chi connectivity index (χ1) is 6.86. The molecule has 0 aliphatic heterocycles. The van der Waals surface area contributed by atoms with Crippen LogP contribution >= 0.6 is 0 Å². The molecule has 2 nitrogen and oxygen atoms in total. The Bertz CT molecular complexity index is 229. The van der Waals surface area contributed by atoms with Gasteiger partial charge in [-0.15, -0.1) is 0 Å². The van der Waals surface area contributed by atoms with E-state index in [0.29, 0.717) is 0 Å². The Labute approximate surface area is 86.8 Å². The zero-order chi connectivity index (χ0) is 10.2. The fourth-order valence-corrected chi connectivity index (χ4v) is 1.50. The molecule has 1 aromatic rings. The lowest BCUT2D eigenvalue weighted by atomic mass is 10.0. The monoisotopic (exact) mass is 192 g/mol. The second-order valence-corrected chi connectivity index (χ2v) is 3.67. The molecular formula is C12H20N2. The Hall–Kier alpha value is -0.890. The Balaban J connectivity index is 2.21. The molecule has 1 rings (SSSR count). The molecule has 0 saturated heterocycles. The van der Waals surface area contributed by atoms with Crippen molar-refractivity contribution >= 4 is 0 Å². The van der Waals surface area contributed by atoms with Crippen LogP contribution in [0.5, 0.6) is 0 Å². The predicted molar refractivity (Wildman–Crippen MR) is 60.0 cm³/mol. The molecule has 14 heavy (non-hydrogen) atoms. The molecule has 0 aliphatic rings. The maximum absolute atomic E-state index is 4.08. The van der Waals surface area contributed by atoms with Gasteiger partial charge in [-0.05, 0) is 24.1 Å². The Kier molecular flexibility index (Phi) is 5.23. The average molecular weight is 192 g/mol. The molecule has 1 aromatic heterocycles. The van der Waals surface area contributed by atoms with E-state index in [1.165, 1.54) is 18.4 Å². The van der Waals surface area contributed by atoms with Crippen LogP contribution in [0.4, 0.5) is 0 Å². The highest BCUT2D eigenvalue weighted by atomic mass is 14.9. The molecule has 0 bridgehead atoms. The van der Waals surface area contributed by atoms with Crippen LogP contribution in [0, 0.1) is 5.92 Å². The summed E-state index contributed by atoms with van der Waals surface area (Å²) >= 11 is 0. The van der Waals surface area contributed by atoms with Gasteiger partial charge in [0.25, 0.3) is 0 Å². The zero-order valence-corrected chi connectivity index (χ0v) is 9.16. The van der Waals surface area contributed by atoms with Crippen LogP contribution in [-0.4, -0.2) is 11.5 Å². The standard InChI is InChI=1S/C12H20N2/c1-3-11(4-2)8-14-10-12-6-5-7-13-9-12/h5-7,9,11,14H,3-4,8,10H2,1-2H3. The van der Waals surface area contributed by atoms with Gasteiger partial charge in [-0.25, -0.2) is 0 Å². The molecule has 0 fully saturated rings. The van der Waals surface area contributed by atoms with Crippen molar-refractivity contribution in [3.05, 3.63) is 30.1 Å². The third kappa shape index (κ3) is 3.88. The zero-order valence-electron chi connectivity index (χ0n) is 9.16. The Morgan fingerprint density at radius 2 is 2.14 bits per heavy atom. The van der Waals surface area contributed by atoms with E-state index < -0.39 is 0 Å². The number of nitrogens with one attached hydrogen (secondary N) is 1. The summed E-state index contributed by atoms with van der Waals surface area (Å²) in [5.74, 6) is 0.812. The summed E-state index contributed by atoms with van der Waals surface area (Å²) in [5.41, 5.74) is 1.26. The lowest BCUT2D eigenvalue weighted by molar-refractivity contribution is 0.449. The molecule has 0 radical (unpaired) electrons. The van der Waals surface area contributed by atoms with Gasteiger partial charge in [0.15, 0.2) is 0 Å². The number of aromatic nitrogens is 1. The second kappa shape index (κ2) is 6.55. The van der Waals surface area contributed by atoms with Gasteiger partial charge in [-0.3, -0.25) is 4.98 Å². The van der Waals surface area contributed by atoms with Crippen molar-refractivity contribution in [1.29, 1.82) is 0 Å². The van der Waals surface area contributed by atoms with Crippen molar-refractivity contribution in [1.82, 2.24) is 10.3 Å². The highest BCUT2D eigenvalue weighted by molar-refractivity contribution is 5.07. The molecule has 0 amide bonds. The van der Waals surface area contributed by atoms with Gasteiger partial charge in [-0.2, -0.15) is 0 Å². The summed E-state index contributed by atoms with van der Waals surface area (Å²) in [6.07, 6.45) is 6.25. The minimum absolute atomic E-state index is 0.812. The molecule has 0 saturated carbocycles. The summed E-state index contributed by atoms with van der Waals surface area (Å²) in [4.78, 5) is 4.08. The number of nitrogens with zero attached hydrogens (tertiary/aromatic N) is 1. The van der Waals surface area contributed by atoms with Gasteiger partial charge in [0, 0.05) is 18.9 Å². The van der Waals surface area contributed by atoms with Crippen molar-refractivity contribution in [3.8, 4) is 0 Å². The number of pyridine rings is 1. The van der Waals surface area contributed by atoms with E-state index in [2.05, 4.69) is 30.2 Å². The van der Waals surface area contributed by atoms with Crippen molar-refractivity contribution in [2.45, 2.75) is 33.2 Å². The quantitative estimate of drug-likeness (QED) is 0.749. The van der Waals surface area contributed by atoms with E-state index in [0.717, 1.165) is 19.0 Å². The van der Waals surface area contributed by atoms with Gasteiger partial charge in [0.1, 0.15) is 0 Å². The van der Waals surface area contributed by atoms with Crippen molar-refractivity contribution in [3.63, 3.8) is 0 Å². The van der Waals surface area contributed by atoms with Crippen LogP contribution < -0.4 is 5.32 Å². The van der Waals surface area contributed by atoms with E-state index in [1.54, 1.807) is 0 Å². The van der Waals surface area contributed by atoms with Crippen LogP contribution in [0.3, 0.4) is 0 Å². The molecule has 0 unspecified atom stereocenters. The Morgan fingerprint density at radius 1 is 1.36 bits per heavy atom. The molecule has 0 aliphatic carbocycles. The largest absolute Gasteiger partial charge is 0.312 e. The molecular weight excluding hydrogens is 172 g/mol. The SMILES string of the molecule is CCC(CC)CNCc1cccnc1. The second-order valence-electron chi connectivity index (χ2n) is 3.67. The molecule has 0 atom stereocenters. The lowest BCUT2D eigenvalue weighted by Crippen LogP contribution is -2.21. The molecule has 78 valence electrons. The van der Waals surface area contributed by atoms with Crippen LogP contribution in [0.1, 0.15) is 32.3 Å². The van der Waals surface area contributed by atoms with Gasteiger partial charge in [0.05, 0.1) is 0 Å². The fourth-order valence-electron chi connectivity index (χ4n) is 1.50. The predicted octanol–water partition coefficient (Wildman–Crippen LogP) is 2.61. The van der Waals surface area contributed by atoms with Crippen LogP contribution in [0.2, 0.25) is 0 Å².